The summed E-state index contributed by atoms with van der Waals surface area (Å²) in [4.78, 5) is 7.85. The van der Waals surface area contributed by atoms with Crippen molar-refractivity contribution in [2.75, 3.05) is 6.54 Å². The lowest BCUT2D eigenvalue weighted by Gasteiger charge is -2.10. The summed E-state index contributed by atoms with van der Waals surface area (Å²) >= 11 is 0. The molecule has 0 spiro atoms. The highest BCUT2D eigenvalue weighted by molar-refractivity contribution is 5.85. The topological polar surface area (TPSA) is 76.8 Å². The van der Waals surface area contributed by atoms with Crippen molar-refractivity contribution in [2.45, 2.75) is 39.5 Å². The lowest BCUT2D eigenvalue weighted by molar-refractivity contribution is 0.462. The average molecular weight is 198 g/mol. The van der Waals surface area contributed by atoms with Crippen LogP contribution in [0.25, 0.3) is 0 Å². The third-order valence-electron chi connectivity index (χ3n) is 2.26. The first-order chi connectivity index (χ1) is 6.74. The summed E-state index contributed by atoms with van der Waals surface area (Å²) in [7, 11) is 0. The Morgan fingerprint density at radius 3 is 2.64 bits per heavy atom. The molecule has 14 heavy (non-hydrogen) atoms. The molecule has 4 heteroatoms. The minimum Gasteiger partial charge on any atom is -0.390 e. The van der Waals surface area contributed by atoms with Crippen LogP contribution in [0.3, 0.4) is 0 Å². The number of hydrogen-bond acceptors (Lipinski definition) is 1. The van der Waals surface area contributed by atoms with E-state index in [9.17, 15) is 0 Å². The normalized spacial score (nSPS) is 14.9. The number of nitrogens with two attached hydrogens (primary N) is 2. The van der Waals surface area contributed by atoms with Gasteiger partial charge in [0.25, 0.3) is 0 Å². The van der Waals surface area contributed by atoms with E-state index in [0.29, 0.717) is 5.92 Å². The molecule has 0 saturated heterocycles. The van der Waals surface area contributed by atoms with Gasteiger partial charge in [-0.05, 0) is 12.3 Å². The monoisotopic (exact) mass is 198 g/mol. The Balaban J connectivity index is 3.86. The summed E-state index contributed by atoms with van der Waals surface area (Å²) in [6.07, 6.45) is 6.02. The first kappa shape index (κ1) is 12.9. The molecule has 0 rings (SSSR count). The number of rotatable bonds is 6. The predicted molar refractivity (Wildman–Crippen MR) is 62.5 cm³/mol. The first-order valence-electron chi connectivity index (χ1n) is 5.28. The SMILES string of the molecule is CCCCC(CC)CN=C(N)/N=C/N. The summed E-state index contributed by atoms with van der Waals surface area (Å²) in [6.45, 7) is 5.14. The van der Waals surface area contributed by atoms with Crippen LogP contribution in [0.15, 0.2) is 9.98 Å². The Kier molecular flexibility index (Phi) is 7.89. The van der Waals surface area contributed by atoms with Gasteiger partial charge in [-0.2, -0.15) is 0 Å². The van der Waals surface area contributed by atoms with Gasteiger partial charge in [0.05, 0.1) is 6.34 Å². The third kappa shape index (κ3) is 6.46. The molecule has 0 aromatic heterocycles. The van der Waals surface area contributed by atoms with Crippen molar-refractivity contribution in [3.8, 4) is 0 Å². The van der Waals surface area contributed by atoms with Gasteiger partial charge in [-0.3, -0.25) is 4.99 Å². The third-order valence-corrected chi connectivity index (χ3v) is 2.26. The van der Waals surface area contributed by atoms with E-state index in [1.165, 1.54) is 25.6 Å². The van der Waals surface area contributed by atoms with E-state index in [4.69, 9.17) is 11.5 Å². The Bertz CT molecular complexity index is 187. The fourth-order valence-electron chi connectivity index (χ4n) is 1.26. The zero-order valence-electron chi connectivity index (χ0n) is 9.24. The highest BCUT2D eigenvalue weighted by atomic mass is 15.0. The Morgan fingerprint density at radius 1 is 1.43 bits per heavy atom. The summed E-state index contributed by atoms with van der Waals surface area (Å²) in [5.74, 6) is 0.906. The average Bonchev–Trinajstić information content (AvgIpc) is 2.19. The van der Waals surface area contributed by atoms with E-state index in [-0.39, 0.29) is 5.96 Å². The molecule has 82 valence electrons. The van der Waals surface area contributed by atoms with Crippen LogP contribution in [0.2, 0.25) is 0 Å². The van der Waals surface area contributed by atoms with Gasteiger partial charge in [0.1, 0.15) is 0 Å². The van der Waals surface area contributed by atoms with Gasteiger partial charge >= 0.3 is 0 Å². The number of hydrogen-bond donors (Lipinski definition) is 2. The molecule has 0 heterocycles. The molecule has 4 nitrogen and oxygen atoms in total. The molecule has 0 amide bonds. The maximum atomic E-state index is 5.49. The summed E-state index contributed by atoms with van der Waals surface area (Å²) in [5, 5.41) is 0. The van der Waals surface area contributed by atoms with E-state index in [0.717, 1.165) is 13.0 Å². The van der Waals surface area contributed by atoms with Crippen molar-refractivity contribution in [1.29, 1.82) is 0 Å². The fraction of sp³-hybridized carbons (Fsp3) is 0.800. The molecule has 1 atom stereocenters. The molecule has 0 radical (unpaired) electrons. The molecule has 0 aliphatic carbocycles. The van der Waals surface area contributed by atoms with Crippen molar-refractivity contribution < 1.29 is 0 Å². The van der Waals surface area contributed by atoms with Crippen molar-refractivity contribution in [3.63, 3.8) is 0 Å². The van der Waals surface area contributed by atoms with Crippen LogP contribution in [0, 0.1) is 5.92 Å². The smallest absolute Gasteiger partial charge is 0.216 e. The van der Waals surface area contributed by atoms with E-state index in [1.807, 2.05) is 0 Å². The van der Waals surface area contributed by atoms with Crippen molar-refractivity contribution >= 4 is 12.3 Å². The summed E-state index contributed by atoms with van der Waals surface area (Å²) in [5.41, 5.74) is 10.6. The van der Waals surface area contributed by atoms with Gasteiger partial charge in [-0.25, -0.2) is 4.99 Å². The second-order valence-corrected chi connectivity index (χ2v) is 3.39. The summed E-state index contributed by atoms with van der Waals surface area (Å²) in [6, 6.07) is 0. The molecule has 1 unspecified atom stereocenters. The van der Waals surface area contributed by atoms with E-state index >= 15 is 0 Å². The van der Waals surface area contributed by atoms with Crippen LogP contribution in [0.5, 0.6) is 0 Å². The van der Waals surface area contributed by atoms with Gasteiger partial charge in [0.2, 0.25) is 5.96 Å². The van der Waals surface area contributed by atoms with Crippen molar-refractivity contribution in [1.82, 2.24) is 0 Å². The van der Waals surface area contributed by atoms with Gasteiger partial charge in [0, 0.05) is 6.54 Å². The van der Waals surface area contributed by atoms with E-state index in [2.05, 4.69) is 23.8 Å². The molecular formula is C10H22N4. The van der Waals surface area contributed by atoms with Crippen LogP contribution in [-0.4, -0.2) is 18.8 Å². The highest BCUT2D eigenvalue weighted by Gasteiger charge is 2.04. The van der Waals surface area contributed by atoms with Crippen molar-refractivity contribution in [2.24, 2.45) is 27.4 Å². The Hall–Kier alpha value is -1.06. The minimum absolute atomic E-state index is 0.280. The van der Waals surface area contributed by atoms with Gasteiger partial charge in [-0.15, -0.1) is 0 Å². The lowest BCUT2D eigenvalue weighted by Crippen LogP contribution is -2.13. The molecule has 0 aliphatic rings. The van der Waals surface area contributed by atoms with Crippen LogP contribution < -0.4 is 11.5 Å². The minimum atomic E-state index is 0.280. The Morgan fingerprint density at radius 2 is 2.14 bits per heavy atom. The second kappa shape index (κ2) is 8.53. The van der Waals surface area contributed by atoms with Crippen LogP contribution in [-0.2, 0) is 0 Å². The van der Waals surface area contributed by atoms with Crippen LogP contribution in [0.1, 0.15) is 39.5 Å². The van der Waals surface area contributed by atoms with Gasteiger partial charge in [0.15, 0.2) is 0 Å². The lowest BCUT2D eigenvalue weighted by atomic mass is 10.00. The molecule has 0 aromatic rings. The second-order valence-electron chi connectivity index (χ2n) is 3.39. The molecule has 0 bridgehead atoms. The van der Waals surface area contributed by atoms with Crippen molar-refractivity contribution in [3.05, 3.63) is 0 Å². The molecule has 0 saturated carbocycles. The first-order valence-corrected chi connectivity index (χ1v) is 5.28. The predicted octanol–water partition coefficient (Wildman–Crippen LogP) is 1.50. The highest BCUT2D eigenvalue weighted by Crippen LogP contribution is 2.12. The van der Waals surface area contributed by atoms with Gasteiger partial charge in [-0.1, -0.05) is 33.1 Å². The van der Waals surface area contributed by atoms with Crippen LogP contribution >= 0.6 is 0 Å². The number of aliphatic imine (C=N–C) groups is 2. The molecule has 0 aromatic carbocycles. The van der Waals surface area contributed by atoms with E-state index in [1.54, 1.807) is 0 Å². The molecule has 0 fully saturated rings. The number of guanidine groups is 1. The maximum Gasteiger partial charge on any atom is 0.216 e. The van der Waals surface area contributed by atoms with Gasteiger partial charge < -0.3 is 11.5 Å². The molecular weight excluding hydrogens is 176 g/mol. The molecule has 4 N–H and O–H groups in total. The molecule has 0 aliphatic heterocycles. The van der Waals surface area contributed by atoms with E-state index < -0.39 is 0 Å². The fourth-order valence-corrected chi connectivity index (χ4v) is 1.26. The quantitative estimate of drug-likeness (QED) is 0.501. The maximum absolute atomic E-state index is 5.49. The number of nitrogens with zero attached hydrogens (tertiary/aromatic N) is 2. The zero-order valence-corrected chi connectivity index (χ0v) is 9.24. The zero-order chi connectivity index (χ0) is 10.8. The Labute approximate surface area is 86.5 Å². The van der Waals surface area contributed by atoms with Crippen LogP contribution in [0.4, 0.5) is 0 Å². The standard InChI is InChI=1S/C10H22N4/c1-3-5-6-9(4-2)7-13-10(12)14-8-11/h8-9H,3-7H2,1-2H3,(H4,11,12,13,14). The summed E-state index contributed by atoms with van der Waals surface area (Å²) < 4.78 is 0. The largest absolute Gasteiger partial charge is 0.390 e. The number of unbranched alkanes of at least 4 members (excludes halogenated alkanes) is 1.